The Kier molecular flexibility index (Phi) is 8.05. The van der Waals surface area contributed by atoms with E-state index in [1.165, 1.54) is 12.1 Å². The van der Waals surface area contributed by atoms with Crippen LogP contribution in [0.15, 0.2) is 42.5 Å². The van der Waals surface area contributed by atoms with Gasteiger partial charge in [0.1, 0.15) is 12.4 Å². The highest BCUT2D eigenvalue weighted by atomic mass is 35.5. The van der Waals surface area contributed by atoms with Crippen LogP contribution in [-0.4, -0.2) is 31.6 Å². The summed E-state index contributed by atoms with van der Waals surface area (Å²) in [5.41, 5.74) is 11.2. The summed E-state index contributed by atoms with van der Waals surface area (Å²) in [4.78, 5) is 13.0. The Morgan fingerprint density at radius 2 is 1.89 bits per heavy atom. The van der Waals surface area contributed by atoms with E-state index in [9.17, 15) is 9.18 Å². The molecule has 28 heavy (non-hydrogen) atoms. The Labute approximate surface area is 174 Å². The number of benzene rings is 2. The van der Waals surface area contributed by atoms with Crippen LogP contribution in [0.4, 0.5) is 10.1 Å². The maximum Gasteiger partial charge on any atom is 0.261 e. The highest BCUT2D eigenvalue weighted by Gasteiger charge is 2.11. The standard InChI is InChI=1S/C15H11Cl2FN6O.CH3NS/c16-10-5-9(6-11(17)7-10)15-21-23-24(22-15)8-14(25)20-19-13-4-2-1-3-12(13)18;2-1-3/h1-7,19H,8H2,(H,20,25);1H,(H2,2,3). The number of tetrazole rings is 1. The third-order valence-corrected chi connectivity index (χ3v) is 3.51. The fraction of sp³-hybridized carbons (Fsp3) is 0.0625. The molecule has 1 aromatic heterocycles. The second kappa shape index (κ2) is 10.5. The van der Waals surface area contributed by atoms with E-state index in [1.807, 2.05) is 0 Å². The average Bonchev–Trinajstić information content (AvgIpc) is 3.09. The average molecular weight is 442 g/mol. The summed E-state index contributed by atoms with van der Waals surface area (Å²) in [7, 11) is 0. The molecule has 0 bridgehead atoms. The van der Waals surface area contributed by atoms with E-state index in [-0.39, 0.29) is 18.1 Å². The molecule has 0 atom stereocenters. The SMILES string of the molecule is NC=S.O=C(Cn1nnc(-c2cc(Cl)cc(Cl)c2)n1)NNc1ccccc1F. The monoisotopic (exact) mass is 441 g/mol. The summed E-state index contributed by atoms with van der Waals surface area (Å²) in [6.45, 7) is -0.206. The zero-order valence-electron chi connectivity index (χ0n) is 14.1. The molecular formula is C16H14Cl2FN7OS. The minimum Gasteiger partial charge on any atom is -0.396 e. The number of carbonyl (C=O) groups excluding carboxylic acids is 1. The molecule has 12 heteroatoms. The molecule has 0 saturated heterocycles. The smallest absolute Gasteiger partial charge is 0.261 e. The number of thiocarbonyl (C=S) groups is 1. The van der Waals surface area contributed by atoms with Gasteiger partial charge in [0, 0.05) is 15.6 Å². The van der Waals surface area contributed by atoms with Gasteiger partial charge >= 0.3 is 0 Å². The number of para-hydroxylation sites is 1. The van der Waals surface area contributed by atoms with Gasteiger partial charge in [0.15, 0.2) is 0 Å². The van der Waals surface area contributed by atoms with Crippen LogP contribution in [0.1, 0.15) is 0 Å². The first-order valence-electron chi connectivity index (χ1n) is 7.62. The molecule has 0 aliphatic rings. The lowest BCUT2D eigenvalue weighted by molar-refractivity contribution is -0.121. The first-order valence-corrected chi connectivity index (χ1v) is 8.84. The van der Waals surface area contributed by atoms with Crippen molar-refractivity contribution < 1.29 is 9.18 Å². The first kappa shape index (κ1) is 21.5. The number of hydrazine groups is 1. The van der Waals surface area contributed by atoms with Gasteiger partial charge in [0.05, 0.1) is 11.2 Å². The number of amides is 1. The number of hydrogen-bond acceptors (Lipinski definition) is 6. The molecule has 3 aromatic rings. The van der Waals surface area contributed by atoms with Crippen LogP contribution >= 0.6 is 35.4 Å². The van der Waals surface area contributed by atoms with Crippen molar-refractivity contribution >= 4 is 52.5 Å². The summed E-state index contributed by atoms with van der Waals surface area (Å²) in [5.74, 6) is -0.683. The summed E-state index contributed by atoms with van der Waals surface area (Å²) in [6.07, 6.45) is 0. The van der Waals surface area contributed by atoms with E-state index in [0.29, 0.717) is 15.6 Å². The van der Waals surface area contributed by atoms with Crippen LogP contribution in [0.3, 0.4) is 0 Å². The normalized spacial score (nSPS) is 9.82. The van der Waals surface area contributed by atoms with Crippen molar-refractivity contribution in [2.24, 2.45) is 5.73 Å². The number of rotatable bonds is 5. The molecule has 0 radical (unpaired) electrons. The number of nitrogens with zero attached hydrogens (tertiary/aromatic N) is 4. The maximum atomic E-state index is 13.4. The molecule has 8 nitrogen and oxygen atoms in total. The highest BCUT2D eigenvalue weighted by molar-refractivity contribution is 7.78. The summed E-state index contributed by atoms with van der Waals surface area (Å²) < 4.78 is 13.4. The Balaban J connectivity index is 0.000000878. The van der Waals surface area contributed by atoms with E-state index >= 15 is 0 Å². The van der Waals surface area contributed by atoms with Gasteiger partial charge in [0.25, 0.3) is 5.91 Å². The summed E-state index contributed by atoms with van der Waals surface area (Å²) in [6, 6.07) is 10.8. The largest absolute Gasteiger partial charge is 0.396 e. The Hall–Kier alpha value is -2.82. The lowest BCUT2D eigenvalue weighted by Crippen LogP contribution is -2.33. The molecule has 0 unspecified atom stereocenters. The maximum absolute atomic E-state index is 13.4. The number of halogens is 3. The lowest BCUT2D eigenvalue weighted by atomic mass is 10.2. The minimum absolute atomic E-state index is 0.150. The molecule has 1 amide bonds. The van der Waals surface area contributed by atoms with Crippen molar-refractivity contribution in [2.75, 3.05) is 5.43 Å². The number of anilines is 1. The summed E-state index contributed by atoms with van der Waals surface area (Å²) in [5, 5.41) is 12.6. The Morgan fingerprint density at radius 3 is 2.54 bits per heavy atom. The molecule has 0 aliphatic heterocycles. The number of aromatic nitrogens is 4. The van der Waals surface area contributed by atoms with Crippen molar-refractivity contribution in [3.05, 3.63) is 58.3 Å². The third kappa shape index (κ3) is 6.41. The Morgan fingerprint density at radius 1 is 1.25 bits per heavy atom. The molecule has 0 saturated carbocycles. The van der Waals surface area contributed by atoms with Gasteiger partial charge in [-0.1, -0.05) is 47.6 Å². The van der Waals surface area contributed by atoms with Crippen molar-refractivity contribution in [3.63, 3.8) is 0 Å². The van der Waals surface area contributed by atoms with Gasteiger partial charge in [-0.05, 0) is 35.5 Å². The second-order valence-corrected chi connectivity index (χ2v) is 6.24. The van der Waals surface area contributed by atoms with Gasteiger partial charge in [-0.2, -0.15) is 4.80 Å². The van der Waals surface area contributed by atoms with Crippen molar-refractivity contribution in [3.8, 4) is 11.4 Å². The number of nitrogens with two attached hydrogens (primary N) is 1. The van der Waals surface area contributed by atoms with Gasteiger partial charge < -0.3 is 5.73 Å². The second-order valence-electron chi connectivity index (χ2n) is 5.09. The van der Waals surface area contributed by atoms with Crippen molar-refractivity contribution in [1.29, 1.82) is 0 Å². The fourth-order valence-corrected chi connectivity index (χ4v) is 2.50. The minimum atomic E-state index is -0.484. The van der Waals surface area contributed by atoms with Crippen molar-refractivity contribution in [1.82, 2.24) is 25.6 Å². The van der Waals surface area contributed by atoms with Crippen LogP contribution in [0.25, 0.3) is 11.4 Å². The van der Waals surface area contributed by atoms with E-state index in [2.05, 4.69) is 44.2 Å². The zero-order valence-corrected chi connectivity index (χ0v) is 16.5. The highest BCUT2D eigenvalue weighted by Crippen LogP contribution is 2.24. The van der Waals surface area contributed by atoms with Crippen LogP contribution in [-0.2, 0) is 11.3 Å². The number of carbonyl (C=O) groups is 1. The van der Waals surface area contributed by atoms with E-state index in [0.717, 1.165) is 10.3 Å². The topological polar surface area (TPSA) is 111 Å². The molecule has 0 spiro atoms. The zero-order chi connectivity index (χ0) is 20.5. The Bertz CT molecular complexity index is 949. The fourth-order valence-electron chi connectivity index (χ4n) is 1.98. The molecule has 0 aliphatic carbocycles. The molecule has 1 heterocycles. The predicted molar refractivity (Wildman–Crippen MR) is 109 cm³/mol. The first-order chi connectivity index (χ1) is 13.4. The van der Waals surface area contributed by atoms with Gasteiger partial charge in [0.2, 0.25) is 5.82 Å². The van der Waals surface area contributed by atoms with Crippen LogP contribution in [0, 0.1) is 5.82 Å². The van der Waals surface area contributed by atoms with E-state index in [1.54, 1.807) is 30.3 Å². The quantitative estimate of drug-likeness (QED) is 0.412. The third-order valence-electron chi connectivity index (χ3n) is 3.07. The van der Waals surface area contributed by atoms with Crippen molar-refractivity contribution in [2.45, 2.75) is 6.54 Å². The summed E-state index contributed by atoms with van der Waals surface area (Å²) >= 11 is 15.9. The molecular weight excluding hydrogens is 428 g/mol. The van der Waals surface area contributed by atoms with Crippen LogP contribution < -0.4 is 16.6 Å². The van der Waals surface area contributed by atoms with Gasteiger partial charge in [-0.3, -0.25) is 15.6 Å². The van der Waals surface area contributed by atoms with Gasteiger partial charge in [-0.25, -0.2) is 4.39 Å². The predicted octanol–water partition coefficient (Wildman–Crippen LogP) is 2.83. The molecule has 2 aromatic carbocycles. The molecule has 0 fully saturated rings. The lowest BCUT2D eigenvalue weighted by Gasteiger charge is -2.08. The molecule has 3 rings (SSSR count). The number of hydrogen-bond donors (Lipinski definition) is 3. The molecule has 4 N–H and O–H groups in total. The van der Waals surface area contributed by atoms with Crippen LogP contribution in [0.2, 0.25) is 10.0 Å². The van der Waals surface area contributed by atoms with Crippen LogP contribution in [0.5, 0.6) is 0 Å². The molecule has 146 valence electrons. The van der Waals surface area contributed by atoms with E-state index < -0.39 is 11.7 Å². The van der Waals surface area contributed by atoms with Gasteiger partial charge in [-0.15, -0.1) is 10.2 Å². The van der Waals surface area contributed by atoms with E-state index in [4.69, 9.17) is 23.2 Å². The number of nitrogens with one attached hydrogen (secondary N) is 2.